The summed E-state index contributed by atoms with van der Waals surface area (Å²) in [5.74, 6) is 0. The van der Waals surface area contributed by atoms with E-state index in [0.29, 0.717) is 31.9 Å². The molecule has 0 unspecified atom stereocenters. The minimum Gasteiger partial charge on any atom is -0.382 e. The summed E-state index contributed by atoms with van der Waals surface area (Å²) in [5.41, 5.74) is 0.570. The molecule has 10 heavy (non-hydrogen) atoms. The number of rotatable bonds is 7. The summed E-state index contributed by atoms with van der Waals surface area (Å²) in [7, 11) is 1.65. The fraction of sp³-hybridized carbons (Fsp3) is 1.00. The molecule has 4 heteroatoms. The van der Waals surface area contributed by atoms with Crippen molar-refractivity contribution in [2.75, 3.05) is 39.1 Å². The maximum Gasteiger partial charge on any atom is 0.102 e. The Labute approximate surface area is 69.8 Å². The van der Waals surface area contributed by atoms with Gasteiger partial charge in [0.05, 0.1) is 26.4 Å². The second-order valence-electron chi connectivity index (χ2n) is 1.62. The van der Waals surface area contributed by atoms with Gasteiger partial charge in [-0.3, -0.25) is 0 Å². The molecule has 0 aromatic carbocycles. The van der Waals surface area contributed by atoms with E-state index < -0.39 is 0 Å². The molecule has 0 aromatic rings. The molecule has 0 radical (unpaired) electrons. The Hall–Kier alpha value is 0.360. The van der Waals surface area contributed by atoms with Gasteiger partial charge in [-0.15, -0.1) is 0 Å². The fourth-order valence-corrected chi connectivity index (χ4v) is 0.646. The summed E-state index contributed by atoms with van der Waals surface area (Å²) >= 11 is 3.13. The van der Waals surface area contributed by atoms with Crippen LogP contribution in [0.5, 0.6) is 0 Å². The van der Waals surface area contributed by atoms with E-state index in [2.05, 4.69) is 15.9 Å². The third-order valence-electron chi connectivity index (χ3n) is 0.881. The van der Waals surface area contributed by atoms with Crippen LogP contribution < -0.4 is 0 Å². The lowest BCUT2D eigenvalue weighted by Crippen LogP contribution is -2.07. The van der Waals surface area contributed by atoms with E-state index in [-0.39, 0.29) is 0 Å². The molecule has 0 aliphatic rings. The topological polar surface area (TPSA) is 27.7 Å². The molecule has 0 heterocycles. The number of hydrogen-bond donors (Lipinski definition) is 0. The second kappa shape index (κ2) is 9.36. The highest BCUT2D eigenvalue weighted by molar-refractivity contribution is 9.09. The van der Waals surface area contributed by atoms with Crippen molar-refractivity contribution >= 4 is 15.9 Å². The van der Waals surface area contributed by atoms with Crippen LogP contribution in [0.2, 0.25) is 0 Å². The molecule has 0 N–H and O–H groups in total. The Kier molecular flexibility index (Phi) is 9.70. The Balaban J connectivity index is 2.65. The highest BCUT2D eigenvalue weighted by Crippen LogP contribution is 1.83. The first-order chi connectivity index (χ1) is 4.91. The minimum absolute atomic E-state index is 0.570. The van der Waals surface area contributed by atoms with Gasteiger partial charge in [0.2, 0.25) is 0 Å². The van der Waals surface area contributed by atoms with E-state index in [1.807, 2.05) is 0 Å². The van der Waals surface area contributed by atoms with Crippen LogP contribution in [0.1, 0.15) is 0 Å². The first-order valence-electron chi connectivity index (χ1n) is 3.12. The second-order valence-corrected chi connectivity index (χ2v) is 2.08. The van der Waals surface area contributed by atoms with Crippen molar-refractivity contribution in [3.63, 3.8) is 0 Å². The number of halogens is 1. The normalized spacial score (nSPS) is 10.2. The first kappa shape index (κ1) is 10.4. The average Bonchev–Trinajstić information content (AvgIpc) is 1.97. The van der Waals surface area contributed by atoms with Crippen molar-refractivity contribution in [3.05, 3.63) is 0 Å². The molecule has 0 amide bonds. The number of ether oxygens (including phenoxy) is 3. The van der Waals surface area contributed by atoms with Crippen LogP contribution in [0.4, 0.5) is 0 Å². The van der Waals surface area contributed by atoms with Gasteiger partial charge in [-0.25, -0.2) is 0 Å². The molecule has 62 valence electrons. The molecule has 0 saturated heterocycles. The lowest BCUT2D eigenvalue weighted by Gasteiger charge is -2.01. The van der Waals surface area contributed by atoms with E-state index >= 15 is 0 Å². The van der Waals surface area contributed by atoms with E-state index in [0.717, 1.165) is 0 Å². The average molecular weight is 213 g/mol. The SMILES string of the molecule is COCCOCCOCBr. The molecule has 0 spiro atoms. The minimum atomic E-state index is 0.570. The number of hydrogen-bond acceptors (Lipinski definition) is 3. The van der Waals surface area contributed by atoms with Gasteiger partial charge in [0.15, 0.2) is 0 Å². The van der Waals surface area contributed by atoms with Crippen molar-refractivity contribution in [2.24, 2.45) is 0 Å². The predicted octanol–water partition coefficient (Wildman–Crippen LogP) is 1.02. The zero-order valence-electron chi connectivity index (χ0n) is 6.14. The molecular formula is C6H13BrO3. The number of methoxy groups -OCH3 is 1. The molecule has 0 saturated carbocycles. The van der Waals surface area contributed by atoms with Gasteiger partial charge >= 0.3 is 0 Å². The summed E-state index contributed by atoms with van der Waals surface area (Å²) in [5, 5.41) is 0. The van der Waals surface area contributed by atoms with E-state index in [1.165, 1.54) is 0 Å². The molecule has 0 bridgehead atoms. The fourth-order valence-electron chi connectivity index (χ4n) is 0.417. The third-order valence-corrected chi connectivity index (χ3v) is 1.20. The molecular weight excluding hydrogens is 200 g/mol. The zero-order valence-corrected chi connectivity index (χ0v) is 7.72. The van der Waals surface area contributed by atoms with Crippen molar-refractivity contribution in [2.45, 2.75) is 0 Å². The molecule has 0 atom stereocenters. The predicted molar refractivity (Wildman–Crippen MR) is 42.4 cm³/mol. The van der Waals surface area contributed by atoms with Crippen LogP contribution in [-0.2, 0) is 14.2 Å². The van der Waals surface area contributed by atoms with Crippen LogP contribution in [-0.4, -0.2) is 39.1 Å². The quantitative estimate of drug-likeness (QED) is 0.466. The van der Waals surface area contributed by atoms with Gasteiger partial charge in [0.25, 0.3) is 0 Å². The van der Waals surface area contributed by atoms with Crippen molar-refractivity contribution < 1.29 is 14.2 Å². The Morgan fingerprint density at radius 3 is 2.20 bits per heavy atom. The summed E-state index contributed by atoms with van der Waals surface area (Å²) < 4.78 is 14.8. The van der Waals surface area contributed by atoms with Crippen LogP contribution >= 0.6 is 15.9 Å². The van der Waals surface area contributed by atoms with E-state index in [9.17, 15) is 0 Å². The molecule has 3 nitrogen and oxygen atoms in total. The Bertz CT molecular complexity index is 53.0. The molecule has 0 aliphatic carbocycles. The third kappa shape index (κ3) is 8.36. The maximum atomic E-state index is 5.11. The van der Waals surface area contributed by atoms with Gasteiger partial charge in [0.1, 0.15) is 5.52 Å². The lowest BCUT2D eigenvalue weighted by atomic mass is 10.7. The Morgan fingerprint density at radius 1 is 1.00 bits per heavy atom. The Morgan fingerprint density at radius 2 is 1.60 bits per heavy atom. The molecule has 0 fully saturated rings. The standard InChI is InChI=1S/C6H13BrO3/c1-8-2-3-9-4-5-10-6-7/h2-6H2,1H3. The van der Waals surface area contributed by atoms with Crippen molar-refractivity contribution in [1.29, 1.82) is 0 Å². The van der Waals surface area contributed by atoms with Crippen molar-refractivity contribution in [1.82, 2.24) is 0 Å². The maximum absolute atomic E-state index is 5.11. The van der Waals surface area contributed by atoms with Crippen molar-refractivity contribution in [3.8, 4) is 0 Å². The van der Waals surface area contributed by atoms with E-state index in [1.54, 1.807) is 7.11 Å². The van der Waals surface area contributed by atoms with Gasteiger partial charge < -0.3 is 14.2 Å². The summed E-state index contributed by atoms with van der Waals surface area (Å²) in [6.07, 6.45) is 0. The highest BCUT2D eigenvalue weighted by atomic mass is 79.9. The number of alkyl halides is 1. The summed E-state index contributed by atoms with van der Waals surface area (Å²) in [6, 6.07) is 0. The van der Waals surface area contributed by atoms with Crippen LogP contribution in [0.3, 0.4) is 0 Å². The monoisotopic (exact) mass is 212 g/mol. The molecule has 0 aliphatic heterocycles. The van der Waals surface area contributed by atoms with Crippen LogP contribution in [0, 0.1) is 0 Å². The highest BCUT2D eigenvalue weighted by Gasteiger charge is 1.86. The first-order valence-corrected chi connectivity index (χ1v) is 4.24. The smallest absolute Gasteiger partial charge is 0.102 e. The van der Waals surface area contributed by atoms with Gasteiger partial charge in [0, 0.05) is 7.11 Å². The van der Waals surface area contributed by atoms with Crippen LogP contribution in [0.25, 0.3) is 0 Å². The lowest BCUT2D eigenvalue weighted by molar-refractivity contribution is 0.0362. The van der Waals surface area contributed by atoms with E-state index in [4.69, 9.17) is 14.2 Å². The van der Waals surface area contributed by atoms with Gasteiger partial charge in [-0.05, 0) is 0 Å². The molecule has 0 rings (SSSR count). The van der Waals surface area contributed by atoms with Crippen LogP contribution in [0.15, 0.2) is 0 Å². The summed E-state index contributed by atoms with van der Waals surface area (Å²) in [4.78, 5) is 0. The zero-order chi connectivity index (χ0) is 7.66. The van der Waals surface area contributed by atoms with Gasteiger partial charge in [-0.2, -0.15) is 0 Å². The molecule has 0 aromatic heterocycles. The van der Waals surface area contributed by atoms with Gasteiger partial charge in [-0.1, -0.05) is 15.9 Å². The summed E-state index contributed by atoms with van der Waals surface area (Å²) in [6.45, 7) is 2.56. The largest absolute Gasteiger partial charge is 0.382 e.